The number of aliphatic carboxylic acids is 1. The predicted molar refractivity (Wildman–Crippen MR) is 92.0 cm³/mol. The molecule has 0 bridgehead atoms. The monoisotopic (exact) mass is 407 g/mol. The number of nitrogens with zero attached hydrogens (tertiary/aromatic N) is 3. The summed E-state index contributed by atoms with van der Waals surface area (Å²) in [5.41, 5.74) is 0. The number of halogens is 3. The molecule has 2 atom stereocenters. The minimum absolute atomic E-state index is 0.0365. The third-order valence-electron chi connectivity index (χ3n) is 4.51. The molecule has 2 fully saturated rings. The van der Waals surface area contributed by atoms with E-state index >= 15 is 0 Å². The van der Waals surface area contributed by atoms with Gasteiger partial charge >= 0.3 is 12.1 Å². The maximum absolute atomic E-state index is 12.4. The lowest BCUT2D eigenvalue weighted by molar-refractivity contribution is -0.192. The lowest BCUT2D eigenvalue weighted by Crippen LogP contribution is -2.52. The van der Waals surface area contributed by atoms with Gasteiger partial charge in [-0.15, -0.1) is 0 Å². The lowest BCUT2D eigenvalue weighted by atomic mass is 10.1. The molecule has 0 saturated carbocycles. The maximum Gasteiger partial charge on any atom is 0.490 e. The summed E-state index contributed by atoms with van der Waals surface area (Å²) in [6.07, 6.45) is -3.42. The van der Waals surface area contributed by atoms with Crippen LogP contribution in [0, 0.1) is 0 Å². The molecule has 0 unspecified atom stereocenters. The highest BCUT2D eigenvalue weighted by Gasteiger charge is 2.42. The smallest absolute Gasteiger partial charge is 0.475 e. The summed E-state index contributed by atoms with van der Waals surface area (Å²) < 4.78 is 42.8. The molecule has 1 amide bonds. The van der Waals surface area contributed by atoms with Crippen LogP contribution < -0.4 is 0 Å². The maximum atomic E-state index is 12.4. The van der Waals surface area contributed by atoms with E-state index in [1.807, 2.05) is 4.90 Å². The second kappa shape index (κ2) is 9.39. The summed E-state index contributed by atoms with van der Waals surface area (Å²) in [6.45, 7) is 5.10. The molecule has 2 aliphatic rings. The van der Waals surface area contributed by atoms with Crippen molar-refractivity contribution in [2.45, 2.75) is 18.3 Å². The molecule has 0 aliphatic carbocycles. The van der Waals surface area contributed by atoms with Gasteiger partial charge < -0.3 is 24.1 Å². The number of likely N-dealkylation sites (tertiary alicyclic amines) is 1. The molecule has 11 heteroatoms. The number of furan rings is 1. The molecule has 158 valence electrons. The van der Waals surface area contributed by atoms with Crippen LogP contribution in [0.15, 0.2) is 22.8 Å². The van der Waals surface area contributed by atoms with Crippen LogP contribution in [0.3, 0.4) is 0 Å². The summed E-state index contributed by atoms with van der Waals surface area (Å²) in [5.74, 6) is -2.38. The molecular formula is C17H24F3N3O5. The van der Waals surface area contributed by atoms with Gasteiger partial charge in [0.1, 0.15) is 0 Å². The Hall–Kier alpha value is -2.11. The summed E-state index contributed by atoms with van der Waals surface area (Å²) >= 11 is 0. The minimum Gasteiger partial charge on any atom is -0.475 e. The van der Waals surface area contributed by atoms with Crippen LogP contribution in [0.25, 0.3) is 0 Å². The van der Waals surface area contributed by atoms with Crippen LogP contribution in [0.2, 0.25) is 0 Å². The number of hydrogen-bond acceptors (Lipinski definition) is 6. The molecule has 1 N–H and O–H groups in total. The second-order valence-electron chi connectivity index (χ2n) is 6.81. The number of carboxylic acids is 1. The van der Waals surface area contributed by atoms with Crippen LogP contribution >= 0.6 is 0 Å². The average Bonchev–Trinajstić information content (AvgIpc) is 3.28. The average molecular weight is 407 g/mol. The number of carboxylic acid groups (broad SMARTS) is 1. The SMILES string of the molecule is CN(C)CCN1CCO[C@H]2CN(C(=O)c3ccco3)C[C@H]21.O=C(O)C(F)(F)F. The van der Waals surface area contributed by atoms with Crippen LogP contribution in [-0.4, -0.2) is 103 Å². The van der Waals surface area contributed by atoms with Gasteiger partial charge in [-0.3, -0.25) is 9.69 Å². The molecule has 0 aromatic carbocycles. The standard InChI is InChI=1S/C15H23N3O3.C2HF3O2/c1-16(2)5-6-17-7-9-21-14-11-18(10-12(14)17)15(19)13-4-3-8-20-13;3-2(4,5)1(6)7/h3-4,8,12,14H,5-7,9-11H2,1-2H3;(H,6,7)/t12-,14+;/m1./s1. The Bertz CT molecular complexity index is 651. The van der Waals surface area contributed by atoms with Crippen LogP contribution in [-0.2, 0) is 9.53 Å². The first-order valence-electron chi connectivity index (χ1n) is 8.73. The van der Waals surface area contributed by atoms with Crippen molar-refractivity contribution in [2.24, 2.45) is 0 Å². The normalized spacial score (nSPS) is 22.6. The Morgan fingerprint density at radius 2 is 2.00 bits per heavy atom. The quantitative estimate of drug-likeness (QED) is 0.797. The van der Waals surface area contributed by atoms with Crippen molar-refractivity contribution in [2.75, 3.05) is 53.4 Å². The summed E-state index contributed by atoms with van der Waals surface area (Å²) in [7, 11) is 4.17. The summed E-state index contributed by atoms with van der Waals surface area (Å²) in [6, 6.07) is 3.77. The van der Waals surface area contributed by atoms with E-state index in [-0.39, 0.29) is 12.0 Å². The zero-order valence-electron chi connectivity index (χ0n) is 15.7. The van der Waals surface area contributed by atoms with Gasteiger partial charge in [-0.25, -0.2) is 4.79 Å². The fourth-order valence-electron chi connectivity index (χ4n) is 3.09. The van der Waals surface area contributed by atoms with Crippen LogP contribution in [0.5, 0.6) is 0 Å². The van der Waals surface area contributed by atoms with Crippen molar-refractivity contribution in [1.29, 1.82) is 0 Å². The molecule has 3 heterocycles. The number of fused-ring (bicyclic) bond motifs is 1. The van der Waals surface area contributed by atoms with Crippen molar-refractivity contribution < 1.29 is 37.0 Å². The second-order valence-corrected chi connectivity index (χ2v) is 6.81. The number of alkyl halides is 3. The summed E-state index contributed by atoms with van der Waals surface area (Å²) in [4.78, 5) is 27.8. The van der Waals surface area contributed by atoms with Crippen LogP contribution in [0.1, 0.15) is 10.6 Å². The van der Waals surface area contributed by atoms with Gasteiger partial charge in [0.25, 0.3) is 5.91 Å². The Labute approximate surface area is 160 Å². The Morgan fingerprint density at radius 1 is 1.32 bits per heavy atom. The van der Waals surface area contributed by atoms with Gasteiger partial charge in [-0.05, 0) is 26.2 Å². The van der Waals surface area contributed by atoms with E-state index in [4.69, 9.17) is 19.1 Å². The molecule has 3 rings (SSSR count). The number of carbonyl (C=O) groups excluding carboxylic acids is 1. The van der Waals surface area contributed by atoms with E-state index in [0.717, 1.165) is 32.8 Å². The first kappa shape index (κ1) is 22.2. The Morgan fingerprint density at radius 3 is 2.54 bits per heavy atom. The molecule has 2 saturated heterocycles. The van der Waals surface area contributed by atoms with E-state index < -0.39 is 12.1 Å². The molecule has 1 aromatic rings. The van der Waals surface area contributed by atoms with Gasteiger partial charge in [0.05, 0.1) is 25.0 Å². The summed E-state index contributed by atoms with van der Waals surface area (Å²) in [5, 5.41) is 7.12. The molecule has 8 nitrogen and oxygen atoms in total. The number of morpholine rings is 1. The van der Waals surface area contributed by atoms with Gasteiger partial charge in [0.15, 0.2) is 5.76 Å². The zero-order valence-corrected chi connectivity index (χ0v) is 15.7. The molecule has 1 aromatic heterocycles. The molecule has 0 radical (unpaired) electrons. The van der Waals surface area contributed by atoms with Crippen molar-refractivity contribution in [1.82, 2.24) is 14.7 Å². The molecule has 28 heavy (non-hydrogen) atoms. The highest BCUT2D eigenvalue weighted by Crippen LogP contribution is 2.24. The molecule has 2 aliphatic heterocycles. The zero-order chi connectivity index (χ0) is 20.9. The van der Waals surface area contributed by atoms with Crippen molar-refractivity contribution in [3.8, 4) is 0 Å². The Kier molecular flexibility index (Phi) is 7.44. The van der Waals surface area contributed by atoms with E-state index in [1.54, 1.807) is 12.1 Å². The predicted octanol–water partition coefficient (Wildman–Crippen LogP) is 1.000. The number of likely N-dealkylation sites (N-methyl/N-ethyl adjacent to an activating group) is 1. The molecular weight excluding hydrogens is 383 g/mol. The van der Waals surface area contributed by atoms with E-state index in [2.05, 4.69) is 23.9 Å². The third kappa shape index (κ3) is 5.94. The van der Waals surface area contributed by atoms with Gasteiger partial charge in [-0.2, -0.15) is 13.2 Å². The fourth-order valence-corrected chi connectivity index (χ4v) is 3.09. The third-order valence-corrected chi connectivity index (χ3v) is 4.51. The van der Waals surface area contributed by atoms with Gasteiger partial charge in [-0.1, -0.05) is 0 Å². The first-order chi connectivity index (χ1) is 13.1. The van der Waals surface area contributed by atoms with Gasteiger partial charge in [0, 0.05) is 32.7 Å². The van der Waals surface area contributed by atoms with E-state index in [1.165, 1.54) is 6.26 Å². The number of hydrogen-bond donors (Lipinski definition) is 1. The van der Waals surface area contributed by atoms with Gasteiger partial charge in [0.2, 0.25) is 0 Å². The van der Waals surface area contributed by atoms with Crippen molar-refractivity contribution in [3.05, 3.63) is 24.2 Å². The number of amides is 1. The largest absolute Gasteiger partial charge is 0.490 e. The highest BCUT2D eigenvalue weighted by molar-refractivity contribution is 5.91. The number of ether oxygens (including phenoxy) is 1. The van der Waals surface area contributed by atoms with Crippen molar-refractivity contribution >= 4 is 11.9 Å². The number of rotatable bonds is 4. The van der Waals surface area contributed by atoms with E-state index in [0.29, 0.717) is 18.3 Å². The van der Waals surface area contributed by atoms with E-state index in [9.17, 15) is 18.0 Å². The van der Waals surface area contributed by atoms with Crippen LogP contribution in [0.4, 0.5) is 13.2 Å². The number of carbonyl (C=O) groups is 2. The minimum atomic E-state index is -5.08. The highest BCUT2D eigenvalue weighted by atomic mass is 19.4. The lowest BCUT2D eigenvalue weighted by Gasteiger charge is -2.37. The molecule has 0 spiro atoms. The first-order valence-corrected chi connectivity index (χ1v) is 8.73. The fraction of sp³-hybridized carbons (Fsp3) is 0.647. The Balaban J connectivity index is 0.000000345. The van der Waals surface area contributed by atoms with Crippen molar-refractivity contribution in [3.63, 3.8) is 0 Å². The topological polar surface area (TPSA) is 86.5 Å².